The number of hydrogen-bond acceptors (Lipinski definition) is 5. The predicted molar refractivity (Wildman–Crippen MR) is 119 cm³/mol. The van der Waals surface area contributed by atoms with E-state index in [-0.39, 0.29) is 16.8 Å². The van der Waals surface area contributed by atoms with Crippen LogP contribution in [-0.2, 0) is 16.4 Å². The van der Waals surface area contributed by atoms with Crippen molar-refractivity contribution in [2.45, 2.75) is 30.2 Å². The molecular weight excluding hydrogens is 414 g/mol. The summed E-state index contributed by atoms with van der Waals surface area (Å²) < 4.78 is 32.4. The van der Waals surface area contributed by atoms with Gasteiger partial charge in [-0.15, -0.1) is 0 Å². The highest BCUT2D eigenvalue weighted by atomic mass is 32.2. The molecule has 31 heavy (non-hydrogen) atoms. The Morgan fingerprint density at radius 1 is 1.13 bits per heavy atom. The Morgan fingerprint density at radius 3 is 2.52 bits per heavy atom. The first-order chi connectivity index (χ1) is 14.9. The number of carbonyl (C=O) groups excluding carboxylic acids is 1. The van der Waals surface area contributed by atoms with Gasteiger partial charge in [0.1, 0.15) is 5.75 Å². The van der Waals surface area contributed by atoms with Gasteiger partial charge in [0.15, 0.2) is 0 Å². The standard InChI is InChI=1S/C23H29N3O4S/c1-25(2)21(18-7-10-22-19(15-18)11-14-30-22)16-24-23(27)17-5-8-20(9-6-17)31(28,29)26-12-3-4-13-26/h5-10,15,21H,3-4,11-14,16H2,1-2H3,(H,24,27). The number of hydrogen-bond donors (Lipinski definition) is 1. The Morgan fingerprint density at radius 2 is 1.84 bits per heavy atom. The lowest BCUT2D eigenvalue weighted by molar-refractivity contribution is 0.0942. The van der Waals surface area contributed by atoms with Crippen LogP contribution in [-0.4, -0.2) is 63.9 Å². The fraction of sp³-hybridized carbons (Fsp3) is 0.435. The fourth-order valence-electron chi connectivity index (χ4n) is 4.16. The second-order valence-electron chi connectivity index (χ2n) is 8.29. The van der Waals surface area contributed by atoms with Crippen molar-refractivity contribution in [3.63, 3.8) is 0 Å². The third kappa shape index (κ3) is 4.61. The van der Waals surface area contributed by atoms with Crippen molar-refractivity contribution in [3.8, 4) is 5.75 Å². The first-order valence-electron chi connectivity index (χ1n) is 10.7. The Labute approximate surface area is 184 Å². The number of benzene rings is 2. The summed E-state index contributed by atoms with van der Waals surface area (Å²) in [5.41, 5.74) is 2.77. The quantitative estimate of drug-likeness (QED) is 0.711. The van der Waals surface area contributed by atoms with Crippen LogP contribution in [0.4, 0.5) is 0 Å². The van der Waals surface area contributed by atoms with Crippen molar-refractivity contribution >= 4 is 15.9 Å². The molecule has 1 unspecified atom stereocenters. The molecule has 8 heteroatoms. The molecule has 0 spiro atoms. The summed E-state index contributed by atoms with van der Waals surface area (Å²) >= 11 is 0. The van der Waals surface area contributed by atoms with Crippen molar-refractivity contribution in [2.75, 3.05) is 40.3 Å². The van der Waals surface area contributed by atoms with Gasteiger partial charge < -0.3 is 15.0 Å². The molecule has 0 radical (unpaired) electrons. The SMILES string of the molecule is CN(C)C(CNC(=O)c1ccc(S(=O)(=O)N2CCCC2)cc1)c1ccc2c(c1)CCO2. The van der Waals surface area contributed by atoms with Crippen LogP contribution in [0.3, 0.4) is 0 Å². The van der Waals surface area contributed by atoms with E-state index < -0.39 is 10.0 Å². The van der Waals surface area contributed by atoms with Gasteiger partial charge in [0.2, 0.25) is 10.0 Å². The highest BCUT2D eigenvalue weighted by molar-refractivity contribution is 7.89. The van der Waals surface area contributed by atoms with Gasteiger partial charge in [0.05, 0.1) is 17.5 Å². The van der Waals surface area contributed by atoms with Gasteiger partial charge in [-0.25, -0.2) is 8.42 Å². The van der Waals surface area contributed by atoms with Crippen LogP contribution < -0.4 is 10.1 Å². The van der Waals surface area contributed by atoms with Crippen molar-refractivity contribution in [1.82, 2.24) is 14.5 Å². The number of likely N-dealkylation sites (N-methyl/N-ethyl adjacent to an activating group) is 1. The molecule has 1 atom stereocenters. The van der Waals surface area contributed by atoms with Crippen molar-refractivity contribution < 1.29 is 17.9 Å². The molecular formula is C23H29N3O4S. The van der Waals surface area contributed by atoms with Crippen molar-refractivity contribution in [3.05, 3.63) is 59.2 Å². The first kappa shape index (κ1) is 21.8. The number of amides is 1. The van der Waals surface area contributed by atoms with Crippen LogP contribution in [0.5, 0.6) is 5.75 Å². The highest BCUT2D eigenvalue weighted by Crippen LogP contribution is 2.29. The van der Waals surface area contributed by atoms with E-state index in [4.69, 9.17) is 4.74 Å². The minimum absolute atomic E-state index is 0.0182. The molecule has 2 heterocycles. The number of fused-ring (bicyclic) bond motifs is 1. The maximum Gasteiger partial charge on any atom is 0.251 e. The van der Waals surface area contributed by atoms with Crippen LogP contribution in [0.25, 0.3) is 0 Å². The summed E-state index contributed by atoms with van der Waals surface area (Å²) in [7, 11) is 0.495. The molecule has 1 saturated heterocycles. The molecule has 166 valence electrons. The molecule has 2 aromatic rings. The number of nitrogens with one attached hydrogen (secondary N) is 1. The Kier molecular flexibility index (Phi) is 6.31. The summed E-state index contributed by atoms with van der Waals surface area (Å²) in [5, 5.41) is 2.99. The first-order valence-corrected chi connectivity index (χ1v) is 12.1. The van der Waals surface area contributed by atoms with E-state index in [0.717, 1.165) is 30.6 Å². The number of ether oxygens (including phenoxy) is 1. The lowest BCUT2D eigenvalue weighted by atomic mass is 10.0. The van der Waals surface area contributed by atoms with Crippen LogP contribution in [0.2, 0.25) is 0 Å². The Hall–Kier alpha value is -2.42. The molecule has 0 aromatic heterocycles. The zero-order valence-electron chi connectivity index (χ0n) is 18.0. The summed E-state index contributed by atoms with van der Waals surface area (Å²) in [6.45, 7) is 2.28. The van der Waals surface area contributed by atoms with Crippen LogP contribution in [0.15, 0.2) is 47.4 Å². The van der Waals surface area contributed by atoms with Gasteiger partial charge in [-0.2, -0.15) is 4.31 Å². The molecule has 0 bridgehead atoms. The van der Waals surface area contributed by atoms with Crippen LogP contribution in [0.1, 0.15) is 40.4 Å². The molecule has 0 saturated carbocycles. The number of rotatable bonds is 7. The van der Waals surface area contributed by atoms with E-state index >= 15 is 0 Å². The van der Waals surface area contributed by atoms with E-state index in [1.54, 1.807) is 12.1 Å². The van der Waals surface area contributed by atoms with Crippen LogP contribution in [0, 0.1) is 0 Å². The molecule has 1 amide bonds. The zero-order valence-corrected chi connectivity index (χ0v) is 18.8. The third-order valence-corrected chi connectivity index (χ3v) is 7.91. The van der Waals surface area contributed by atoms with Gasteiger partial charge in [0.25, 0.3) is 5.91 Å². The smallest absolute Gasteiger partial charge is 0.251 e. The van der Waals surface area contributed by atoms with Gasteiger partial charge in [0, 0.05) is 31.6 Å². The van der Waals surface area contributed by atoms with E-state index in [0.29, 0.717) is 31.8 Å². The average Bonchev–Trinajstić information content (AvgIpc) is 3.45. The van der Waals surface area contributed by atoms with E-state index in [1.165, 1.54) is 22.0 Å². The Balaban J connectivity index is 1.42. The summed E-state index contributed by atoms with van der Waals surface area (Å²) in [6, 6.07) is 12.4. The van der Waals surface area contributed by atoms with Gasteiger partial charge in [-0.05, 0) is 68.4 Å². The summed E-state index contributed by atoms with van der Waals surface area (Å²) in [5.74, 6) is 0.718. The molecule has 1 fully saturated rings. The highest BCUT2D eigenvalue weighted by Gasteiger charge is 2.27. The van der Waals surface area contributed by atoms with E-state index in [2.05, 4.69) is 16.3 Å². The monoisotopic (exact) mass is 443 g/mol. The molecule has 4 rings (SSSR count). The van der Waals surface area contributed by atoms with Gasteiger partial charge in [-0.3, -0.25) is 4.79 Å². The fourth-order valence-corrected chi connectivity index (χ4v) is 5.68. The zero-order chi connectivity index (χ0) is 22.0. The van der Waals surface area contributed by atoms with Gasteiger partial charge in [-0.1, -0.05) is 12.1 Å². The third-order valence-electron chi connectivity index (χ3n) is 6.00. The van der Waals surface area contributed by atoms with E-state index in [9.17, 15) is 13.2 Å². The molecule has 7 nitrogen and oxygen atoms in total. The van der Waals surface area contributed by atoms with E-state index in [1.807, 2.05) is 26.2 Å². The minimum Gasteiger partial charge on any atom is -0.493 e. The Bertz CT molecular complexity index is 1040. The normalized spacial score (nSPS) is 17.4. The average molecular weight is 444 g/mol. The maximum atomic E-state index is 12.7. The van der Waals surface area contributed by atoms with Crippen molar-refractivity contribution in [1.29, 1.82) is 0 Å². The minimum atomic E-state index is -3.47. The summed E-state index contributed by atoms with van der Waals surface area (Å²) in [6.07, 6.45) is 2.69. The number of nitrogens with zero attached hydrogens (tertiary/aromatic N) is 2. The lowest BCUT2D eigenvalue weighted by Crippen LogP contribution is -2.34. The van der Waals surface area contributed by atoms with Crippen LogP contribution >= 0.6 is 0 Å². The predicted octanol–water partition coefficient (Wildman–Crippen LogP) is 2.44. The molecule has 2 aromatic carbocycles. The lowest BCUT2D eigenvalue weighted by Gasteiger charge is -2.25. The second-order valence-corrected chi connectivity index (χ2v) is 10.2. The maximum absolute atomic E-state index is 12.7. The topological polar surface area (TPSA) is 79.0 Å². The molecule has 2 aliphatic heterocycles. The largest absolute Gasteiger partial charge is 0.493 e. The number of sulfonamides is 1. The van der Waals surface area contributed by atoms with Gasteiger partial charge >= 0.3 is 0 Å². The second kappa shape index (κ2) is 8.98. The molecule has 0 aliphatic carbocycles. The molecule has 1 N–H and O–H groups in total. The molecule has 2 aliphatic rings. The summed E-state index contributed by atoms with van der Waals surface area (Å²) in [4.78, 5) is 15.0. The van der Waals surface area contributed by atoms with Crippen molar-refractivity contribution in [2.24, 2.45) is 0 Å². The number of carbonyl (C=O) groups is 1.